The number of halogens is 2. The molecule has 0 atom stereocenters. The van der Waals surface area contributed by atoms with Crippen LogP contribution in [0.5, 0.6) is 0 Å². The van der Waals surface area contributed by atoms with Gasteiger partial charge >= 0.3 is 6.03 Å². The molecule has 7 heteroatoms. The van der Waals surface area contributed by atoms with E-state index in [2.05, 4.69) is 4.90 Å². The van der Waals surface area contributed by atoms with Gasteiger partial charge < -0.3 is 10.6 Å². The van der Waals surface area contributed by atoms with Crippen LogP contribution in [0, 0.1) is 11.6 Å². The standard InChI is InChI=1S/C16H21F2N3O2/c17-13-4-3-12(10-14(13)18)11-5-8-21(9-6-11)7-1-2-15(22)20-16(19)23/h3-4,10-11H,1-2,5-9H2,(H3,19,20,22,23). The molecular formula is C16H21F2N3O2. The molecule has 1 aromatic rings. The first-order chi connectivity index (χ1) is 11.0. The number of benzene rings is 1. The van der Waals surface area contributed by atoms with Crippen LogP contribution in [0.2, 0.25) is 0 Å². The Balaban J connectivity index is 1.72. The van der Waals surface area contributed by atoms with Crippen LogP contribution in [-0.4, -0.2) is 36.5 Å². The third-order valence-electron chi connectivity index (χ3n) is 4.14. The molecule has 0 bridgehead atoms. The number of hydrogen-bond donors (Lipinski definition) is 2. The Bertz CT molecular complexity index is 572. The fourth-order valence-corrected chi connectivity index (χ4v) is 2.92. The number of carbonyl (C=O) groups is 2. The highest BCUT2D eigenvalue weighted by Gasteiger charge is 2.21. The largest absolute Gasteiger partial charge is 0.351 e. The fraction of sp³-hybridized carbons (Fsp3) is 0.500. The predicted octanol–water partition coefficient (Wildman–Crippen LogP) is 2.12. The molecule has 1 aliphatic rings. The number of piperidine rings is 1. The van der Waals surface area contributed by atoms with Gasteiger partial charge in [0.1, 0.15) is 0 Å². The highest BCUT2D eigenvalue weighted by atomic mass is 19.2. The van der Waals surface area contributed by atoms with Gasteiger partial charge in [-0.1, -0.05) is 6.07 Å². The van der Waals surface area contributed by atoms with Crippen LogP contribution >= 0.6 is 0 Å². The average Bonchev–Trinajstić information content (AvgIpc) is 2.50. The molecule has 1 heterocycles. The van der Waals surface area contributed by atoms with E-state index in [1.165, 1.54) is 12.1 Å². The van der Waals surface area contributed by atoms with Crippen LogP contribution in [-0.2, 0) is 4.79 Å². The Morgan fingerprint density at radius 2 is 1.91 bits per heavy atom. The van der Waals surface area contributed by atoms with Crippen molar-refractivity contribution < 1.29 is 18.4 Å². The molecule has 0 aliphatic carbocycles. The van der Waals surface area contributed by atoms with Crippen molar-refractivity contribution in [3.05, 3.63) is 35.4 Å². The number of amides is 3. The monoisotopic (exact) mass is 325 g/mol. The number of rotatable bonds is 5. The van der Waals surface area contributed by atoms with Gasteiger partial charge in [0.05, 0.1) is 0 Å². The SMILES string of the molecule is NC(=O)NC(=O)CCCN1CCC(c2ccc(F)c(F)c2)CC1. The zero-order chi connectivity index (χ0) is 16.8. The summed E-state index contributed by atoms with van der Waals surface area (Å²) in [6.45, 7) is 2.46. The molecule has 0 radical (unpaired) electrons. The molecule has 3 N–H and O–H groups in total. The van der Waals surface area contributed by atoms with Gasteiger partial charge in [0.2, 0.25) is 5.91 Å². The molecule has 3 amide bonds. The molecule has 0 saturated carbocycles. The molecule has 2 rings (SSSR count). The lowest BCUT2D eigenvalue weighted by Gasteiger charge is -2.32. The van der Waals surface area contributed by atoms with E-state index in [4.69, 9.17) is 5.73 Å². The summed E-state index contributed by atoms with van der Waals surface area (Å²) < 4.78 is 26.3. The summed E-state index contributed by atoms with van der Waals surface area (Å²) in [7, 11) is 0. The zero-order valence-electron chi connectivity index (χ0n) is 12.9. The summed E-state index contributed by atoms with van der Waals surface area (Å²) in [5, 5.41) is 2.03. The van der Waals surface area contributed by atoms with Crippen LogP contribution < -0.4 is 11.1 Å². The van der Waals surface area contributed by atoms with Crippen molar-refractivity contribution >= 4 is 11.9 Å². The quantitative estimate of drug-likeness (QED) is 0.871. The molecular weight excluding hydrogens is 304 g/mol. The van der Waals surface area contributed by atoms with Gasteiger partial charge in [0, 0.05) is 6.42 Å². The van der Waals surface area contributed by atoms with Crippen LogP contribution in [0.15, 0.2) is 18.2 Å². The van der Waals surface area contributed by atoms with Crippen LogP contribution in [0.1, 0.15) is 37.2 Å². The number of nitrogens with one attached hydrogen (secondary N) is 1. The molecule has 126 valence electrons. The van der Waals surface area contributed by atoms with Gasteiger partial charge in [-0.25, -0.2) is 13.6 Å². The Hall–Kier alpha value is -2.02. The second-order valence-electron chi connectivity index (χ2n) is 5.81. The summed E-state index contributed by atoms with van der Waals surface area (Å²) in [4.78, 5) is 24.0. The average molecular weight is 325 g/mol. The molecule has 1 fully saturated rings. The molecule has 5 nitrogen and oxygen atoms in total. The molecule has 0 aromatic heterocycles. The Morgan fingerprint density at radius 3 is 2.52 bits per heavy atom. The molecule has 1 aliphatic heterocycles. The number of hydrogen-bond acceptors (Lipinski definition) is 3. The lowest BCUT2D eigenvalue weighted by Crippen LogP contribution is -2.36. The number of urea groups is 1. The Kier molecular flexibility index (Phi) is 6.04. The maximum atomic E-state index is 13.3. The summed E-state index contributed by atoms with van der Waals surface area (Å²) >= 11 is 0. The number of likely N-dealkylation sites (tertiary alicyclic amines) is 1. The van der Waals surface area contributed by atoms with Crippen molar-refractivity contribution in [1.29, 1.82) is 0 Å². The van der Waals surface area contributed by atoms with E-state index in [0.717, 1.165) is 38.0 Å². The maximum absolute atomic E-state index is 13.3. The van der Waals surface area contributed by atoms with Crippen molar-refractivity contribution in [3.63, 3.8) is 0 Å². The van der Waals surface area contributed by atoms with Crippen molar-refractivity contribution in [3.8, 4) is 0 Å². The summed E-state index contributed by atoms with van der Waals surface area (Å²) in [6, 6.07) is 3.27. The molecule has 23 heavy (non-hydrogen) atoms. The van der Waals surface area contributed by atoms with Crippen molar-refractivity contribution in [2.45, 2.75) is 31.6 Å². The second-order valence-corrected chi connectivity index (χ2v) is 5.81. The highest BCUT2D eigenvalue weighted by molar-refractivity contribution is 5.93. The first-order valence-corrected chi connectivity index (χ1v) is 7.72. The lowest BCUT2D eigenvalue weighted by molar-refractivity contribution is -0.120. The normalized spacial score (nSPS) is 16.3. The summed E-state index contributed by atoms with van der Waals surface area (Å²) in [5.41, 5.74) is 5.70. The van der Waals surface area contributed by atoms with Crippen LogP contribution in [0.4, 0.5) is 13.6 Å². The predicted molar refractivity (Wildman–Crippen MR) is 81.7 cm³/mol. The highest BCUT2D eigenvalue weighted by Crippen LogP contribution is 2.28. The fourth-order valence-electron chi connectivity index (χ4n) is 2.92. The lowest BCUT2D eigenvalue weighted by atomic mass is 9.89. The van der Waals surface area contributed by atoms with E-state index in [0.29, 0.717) is 6.42 Å². The van der Waals surface area contributed by atoms with E-state index in [-0.39, 0.29) is 18.2 Å². The van der Waals surface area contributed by atoms with E-state index in [9.17, 15) is 18.4 Å². The van der Waals surface area contributed by atoms with Crippen LogP contribution in [0.25, 0.3) is 0 Å². The summed E-state index contributed by atoms with van der Waals surface area (Å²) in [5.74, 6) is -1.75. The Labute approximate surface area is 133 Å². The number of nitrogens with zero attached hydrogens (tertiary/aromatic N) is 1. The minimum absolute atomic E-state index is 0.236. The van der Waals surface area contributed by atoms with Gasteiger partial charge in [0.15, 0.2) is 11.6 Å². The topological polar surface area (TPSA) is 75.4 Å². The maximum Gasteiger partial charge on any atom is 0.318 e. The first-order valence-electron chi connectivity index (χ1n) is 7.72. The molecule has 0 unspecified atom stereocenters. The zero-order valence-corrected chi connectivity index (χ0v) is 12.9. The number of primary amides is 1. The van der Waals surface area contributed by atoms with Crippen LogP contribution in [0.3, 0.4) is 0 Å². The molecule has 0 spiro atoms. The van der Waals surface area contributed by atoms with Gasteiger partial charge in [-0.3, -0.25) is 10.1 Å². The minimum Gasteiger partial charge on any atom is -0.351 e. The smallest absolute Gasteiger partial charge is 0.318 e. The van der Waals surface area contributed by atoms with Gasteiger partial charge in [-0.2, -0.15) is 0 Å². The van der Waals surface area contributed by atoms with E-state index >= 15 is 0 Å². The number of imide groups is 1. The second kappa shape index (κ2) is 8.01. The number of nitrogens with two attached hydrogens (primary N) is 1. The van der Waals surface area contributed by atoms with E-state index in [1.54, 1.807) is 6.07 Å². The van der Waals surface area contributed by atoms with Crippen molar-refractivity contribution in [2.24, 2.45) is 5.73 Å². The molecule has 1 saturated heterocycles. The molecule has 1 aromatic carbocycles. The van der Waals surface area contributed by atoms with Crippen molar-refractivity contribution in [2.75, 3.05) is 19.6 Å². The first kappa shape index (κ1) is 17.3. The third kappa shape index (κ3) is 5.28. The van der Waals surface area contributed by atoms with E-state index in [1.807, 2.05) is 5.32 Å². The van der Waals surface area contributed by atoms with Gasteiger partial charge in [-0.15, -0.1) is 0 Å². The number of carbonyl (C=O) groups excluding carboxylic acids is 2. The van der Waals surface area contributed by atoms with E-state index < -0.39 is 17.7 Å². The Morgan fingerprint density at radius 1 is 1.22 bits per heavy atom. The summed E-state index contributed by atoms with van der Waals surface area (Å²) in [6.07, 6.45) is 2.65. The minimum atomic E-state index is -0.831. The van der Waals surface area contributed by atoms with Crippen molar-refractivity contribution in [1.82, 2.24) is 10.2 Å². The third-order valence-corrected chi connectivity index (χ3v) is 4.14. The van der Waals surface area contributed by atoms with Gasteiger partial charge in [-0.05, 0) is 62.5 Å². The van der Waals surface area contributed by atoms with Gasteiger partial charge in [0.25, 0.3) is 0 Å².